The molecule has 4 rings (SSSR count). The van der Waals surface area contributed by atoms with Crippen LogP contribution in [0.1, 0.15) is 12.5 Å². The molecule has 0 saturated carbocycles. The van der Waals surface area contributed by atoms with E-state index in [-0.39, 0.29) is 5.60 Å². The van der Waals surface area contributed by atoms with E-state index in [1.165, 1.54) is 10.4 Å². The van der Waals surface area contributed by atoms with E-state index in [1.807, 2.05) is 30.3 Å². The zero-order valence-corrected chi connectivity index (χ0v) is 13.5. The summed E-state index contributed by atoms with van der Waals surface area (Å²) in [5.74, 6) is 0. The Labute approximate surface area is 133 Å². The highest BCUT2D eigenvalue weighted by atomic mass is 32.1. The zero-order chi connectivity index (χ0) is 15.2. The summed E-state index contributed by atoms with van der Waals surface area (Å²) in [6.45, 7) is 4.56. The second-order valence-electron chi connectivity index (χ2n) is 5.87. The molecule has 0 spiro atoms. The molecule has 1 atom stereocenters. The molecule has 1 fully saturated rings. The summed E-state index contributed by atoms with van der Waals surface area (Å²) in [7, 11) is 1.94. The summed E-state index contributed by atoms with van der Waals surface area (Å²) >= 11 is 1.75. The summed E-state index contributed by atoms with van der Waals surface area (Å²) in [6.07, 6.45) is 5.83. The normalized spacial score (nSPS) is 22.4. The van der Waals surface area contributed by atoms with Crippen molar-refractivity contribution in [2.75, 3.05) is 24.6 Å². The first-order valence-electron chi connectivity index (χ1n) is 7.36. The highest BCUT2D eigenvalue weighted by molar-refractivity contribution is 7.17. The molecule has 5 nitrogen and oxygen atoms in total. The lowest BCUT2D eigenvalue weighted by atomic mass is 9.96. The minimum absolute atomic E-state index is 0.334. The molecule has 0 unspecified atom stereocenters. The summed E-state index contributed by atoms with van der Waals surface area (Å²) in [5.41, 5.74) is 3.10. The highest BCUT2D eigenvalue weighted by Gasteiger charge is 2.35. The predicted octanol–water partition coefficient (Wildman–Crippen LogP) is 2.78. The van der Waals surface area contributed by atoms with E-state index in [1.54, 1.807) is 11.3 Å². The Morgan fingerprint density at radius 3 is 3.09 bits per heavy atom. The van der Waals surface area contributed by atoms with Gasteiger partial charge in [-0.15, -0.1) is 11.3 Å². The molecular weight excluding hydrogens is 296 g/mol. The van der Waals surface area contributed by atoms with Crippen molar-refractivity contribution in [3.63, 3.8) is 0 Å². The Morgan fingerprint density at radius 2 is 2.27 bits per heavy atom. The molecule has 0 bridgehead atoms. The molecule has 3 aromatic heterocycles. The molecule has 22 heavy (non-hydrogen) atoms. The lowest BCUT2D eigenvalue weighted by Crippen LogP contribution is -2.48. The summed E-state index contributed by atoms with van der Waals surface area (Å²) in [6, 6.07) is 4.18. The summed E-state index contributed by atoms with van der Waals surface area (Å²) < 4.78 is 9.18. The van der Waals surface area contributed by atoms with Crippen molar-refractivity contribution in [2.45, 2.75) is 12.5 Å². The molecule has 114 valence electrons. The van der Waals surface area contributed by atoms with Crippen LogP contribution in [0.25, 0.3) is 10.2 Å². The average molecular weight is 314 g/mol. The smallest absolute Gasteiger partial charge is 0.111 e. The van der Waals surface area contributed by atoms with Crippen LogP contribution in [0.2, 0.25) is 0 Å². The Kier molecular flexibility index (Phi) is 3.16. The molecule has 1 aliphatic heterocycles. The minimum atomic E-state index is -0.334. The number of morpholine rings is 1. The number of fused-ring (bicyclic) bond motifs is 1. The number of thiophene rings is 1. The summed E-state index contributed by atoms with van der Waals surface area (Å²) in [4.78, 5) is 6.83. The Morgan fingerprint density at radius 1 is 1.36 bits per heavy atom. The molecule has 0 amide bonds. The molecule has 0 aliphatic carbocycles. The quantitative estimate of drug-likeness (QED) is 0.729. The van der Waals surface area contributed by atoms with Crippen LogP contribution in [0.15, 0.2) is 36.1 Å². The maximum absolute atomic E-state index is 6.10. The average Bonchev–Trinajstić information content (AvgIpc) is 3.15. The molecule has 1 aliphatic rings. The number of pyridine rings is 1. The first kappa shape index (κ1) is 13.7. The van der Waals surface area contributed by atoms with Crippen molar-refractivity contribution in [1.29, 1.82) is 0 Å². The van der Waals surface area contributed by atoms with Gasteiger partial charge in [0.1, 0.15) is 5.60 Å². The number of nitrogens with zero attached hydrogens (tertiary/aromatic N) is 4. The molecule has 0 radical (unpaired) electrons. The zero-order valence-electron chi connectivity index (χ0n) is 12.7. The first-order valence-corrected chi connectivity index (χ1v) is 8.24. The molecule has 4 heterocycles. The Hall–Kier alpha value is -1.92. The summed E-state index contributed by atoms with van der Waals surface area (Å²) in [5, 5.41) is 6.39. The second kappa shape index (κ2) is 5.07. The van der Waals surface area contributed by atoms with Gasteiger partial charge in [0.05, 0.1) is 35.3 Å². The van der Waals surface area contributed by atoms with Crippen molar-refractivity contribution >= 4 is 27.2 Å². The van der Waals surface area contributed by atoms with Gasteiger partial charge in [-0.2, -0.15) is 5.10 Å². The van der Waals surface area contributed by atoms with Crippen LogP contribution in [-0.4, -0.2) is 34.5 Å². The van der Waals surface area contributed by atoms with Crippen LogP contribution in [0.5, 0.6) is 0 Å². The number of hydrogen-bond acceptors (Lipinski definition) is 5. The minimum Gasteiger partial charge on any atom is -0.367 e. The van der Waals surface area contributed by atoms with Gasteiger partial charge in [-0.25, -0.2) is 0 Å². The van der Waals surface area contributed by atoms with Gasteiger partial charge in [-0.3, -0.25) is 9.67 Å². The van der Waals surface area contributed by atoms with E-state index in [0.29, 0.717) is 6.61 Å². The van der Waals surface area contributed by atoms with E-state index in [4.69, 9.17) is 4.74 Å². The van der Waals surface area contributed by atoms with Gasteiger partial charge < -0.3 is 9.64 Å². The van der Waals surface area contributed by atoms with Crippen molar-refractivity contribution in [3.8, 4) is 0 Å². The molecule has 3 aromatic rings. The molecular formula is C16H18N4OS. The first-order chi connectivity index (χ1) is 10.7. The SMILES string of the molecule is Cn1cc([C@]2(C)CN(c3ccnc4ccsc34)CCO2)cn1. The third-order valence-electron chi connectivity index (χ3n) is 4.25. The van der Waals surface area contributed by atoms with Crippen molar-refractivity contribution in [1.82, 2.24) is 14.8 Å². The number of anilines is 1. The number of hydrogen-bond donors (Lipinski definition) is 0. The van der Waals surface area contributed by atoms with E-state index in [2.05, 4.69) is 39.4 Å². The third-order valence-corrected chi connectivity index (χ3v) is 5.18. The second-order valence-corrected chi connectivity index (χ2v) is 6.78. The molecule has 6 heteroatoms. The maximum Gasteiger partial charge on any atom is 0.111 e. The van der Waals surface area contributed by atoms with E-state index in [0.717, 1.165) is 24.2 Å². The molecule has 1 saturated heterocycles. The number of aromatic nitrogens is 3. The topological polar surface area (TPSA) is 43.2 Å². The fourth-order valence-electron chi connectivity index (χ4n) is 3.05. The molecule has 0 aromatic carbocycles. The van der Waals surface area contributed by atoms with Crippen molar-refractivity contribution in [3.05, 3.63) is 41.7 Å². The maximum atomic E-state index is 6.10. The largest absolute Gasteiger partial charge is 0.367 e. The highest BCUT2D eigenvalue weighted by Crippen LogP contribution is 2.35. The monoisotopic (exact) mass is 314 g/mol. The molecule has 0 N–H and O–H groups in total. The lowest BCUT2D eigenvalue weighted by Gasteiger charge is -2.41. The third kappa shape index (κ3) is 2.19. The van der Waals surface area contributed by atoms with Crippen LogP contribution < -0.4 is 4.90 Å². The van der Waals surface area contributed by atoms with Crippen molar-refractivity contribution in [2.24, 2.45) is 7.05 Å². The van der Waals surface area contributed by atoms with Crippen LogP contribution >= 0.6 is 11.3 Å². The van der Waals surface area contributed by atoms with Gasteiger partial charge in [-0.05, 0) is 24.4 Å². The van der Waals surface area contributed by atoms with Crippen LogP contribution in [-0.2, 0) is 17.4 Å². The van der Waals surface area contributed by atoms with Crippen LogP contribution in [0.4, 0.5) is 5.69 Å². The van der Waals surface area contributed by atoms with E-state index in [9.17, 15) is 0 Å². The van der Waals surface area contributed by atoms with Gasteiger partial charge in [-0.1, -0.05) is 0 Å². The van der Waals surface area contributed by atoms with Gasteiger partial charge in [0.15, 0.2) is 0 Å². The van der Waals surface area contributed by atoms with E-state index < -0.39 is 0 Å². The lowest BCUT2D eigenvalue weighted by molar-refractivity contribution is -0.0465. The van der Waals surface area contributed by atoms with Gasteiger partial charge in [0, 0.05) is 31.5 Å². The Bertz CT molecular complexity index is 811. The fourth-order valence-corrected chi connectivity index (χ4v) is 3.95. The van der Waals surface area contributed by atoms with Crippen molar-refractivity contribution < 1.29 is 4.74 Å². The Balaban J connectivity index is 1.70. The fraction of sp³-hybridized carbons (Fsp3) is 0.375. The predicted molar refractivity (Wildman–Crippen MR) is 88.3 cm³/mol. The van der Waals surface area contributed by atoms with Crippen LogP contribution in [0, 0.1) is 0 Å². The van der Waals surface area contributed by atoms with E-state index >= 15 is 0 Å². The van der Waals surface area contributed by atoms with Crippen LogP contribution in [0.3, 0.4) is 0 Å². The van der Waals surface area contributed by atoms with Gasteiger partial charge in [0.25, 0.3) is 0 Å². The number of aryl methyl sites for hydroxylation is 1. The van der Waals surface area contributed by atoms with Gasteiger partial charge in [0.2, 0.25) is 0 Å². The number of ether oxygens (including phenoxy) is 1. The standard InChI is InChI=1S/C16H18N4OS/c1-16(12-9-18-19(2)10-12)11-20(6-7-21-16)14-3-5-17-13-4-8-22-15(13)14/h3-5,8-10H,6-7,11H2,1-2H3/t16-/m0/s1. The van der Waals surface area contributed by atoms with Gasteiger partial charge >= 0.3 is 0 Å². The number of rotatable bonds is 2.